The zero-order valence-electron chi connectivity index (χ0n) is 10.2. The Balaban J connectivity index is 2.49. The third-order valence-electron chi connectivity index (χ3n) is 1.54. The first-order valence-corrected chi connectivity index (χ1v) is 5.04. The van der Waals surface area contributed by atoms with Gasteiger partial charge in [-0.25, -0.2) is 10.2 Å². The molecule has 18 heavy (non-hydrogen) atoms. The summed E-state index contributed by atoms with van der Waals surface area (Å²) in [4.78, 5) is 20.8. The highest BCUT2D eigenvalue weighted by molar-refractivity contribution is 5.78. The van der Waals surface area contributed by atoms with E-state index in [0.717, 1.165) is 6.21 Å². The smallest absolute Gasteiger partial charge is 0.433 e. The van der Waals surface area contributed by atoms with Gasteiger partial charge in [-0.1, -0.05) is 0 Å². The van der Waals surface area contributed by atoms with Crippen LogP contribution in [0.3, 0.4) is 0 Å². The zero-order chi connectivity index (χ0) is 13.8. The number of amides is 1. The fourth-order valence-corrected chi connectivity index (χ4v) is 0.959. The van der Waals surface area contributed by atoms with Gasteiger partial charge in [-0.05, 0) is 26.8 Å². The van der Waals surface area contributed by atoms with Gasteiger partial charge < -0.3 is 9.15 Å². The molecule has 1 aromatic heterocycles. The molecule has 1 amide bonds. The van der Waals surface area contributed by atoms with Crippen LogP contribution in [0.4, 0.5) is 10.7 Å². The van der Waals surface area contributed by atoms with Gasteiger partial charge in [0.2, 0.25) is 0 Å². The van der Waals surface area contributed by atoms with E-state index in [-0.39, 0.29) is 5.76 Å². The van der Waals surface area contributed by atoms with Crippen molar-refractivity contribution in [1.29, 1.82) is 0 Å². The van der Waals surface area contributed by atoms with Gasteiger partial charge in [0, 0.05) is 0 Å². The topological polar surface area (TPSA) is 107 Å². The predicted octanol–water partition coefficient (Wildman–Crippen LogP) is 2.05. The average molecular weight is 255 g/mol. The van der Waals surface area contributed by atoms with Crippen molar-refractivity contribution in [2.45, 2.75) is 26.4 Å². The van der Waals surface area contributed by atoms with Crippen molar-refractivity contribution in [2.24, 2.45) is 5.10 Å². The van der Waals surface area contributed by atoms with Gasteiger partial charge >= 0.3 is 12.0 Å². The van der Waals surface area contributed by atoms with Gasteiger partial charge in [-0.15, -0.1) is 0 Å². The molecule has 0 aliphatic carbocycles. The predicted molar refractivity (Wildman–Crippen MR) is 62.3 cm³/mol. The summed E-state index contributed by atoms with van der Waals surface area (Å²) in [5.41, 5.74) is 1.48. The first-order valence-electron chi connectivity index (χ1n) is 5.04. The number of hydrogen-bond acceptors (Lipinski definition) is 6. The number of carbonyl (C=O) groups is 1. The summed E-state index contributed by atoms with van der Waals surface area (Å²) in [6.45, 7) is 5.14. The highest BCUT2D eigenvalue weighted by Crippen LogP contribution is 2.13. The molecule has 0 aliphatic heterocycles. The number of hydrogen-bond donors (Lipinski definition) is 1. The molecule has 8 nitrogen and oxygen atoms in total. The Morgan fingerprint density at radius 2 is 2.22 bits per heavy atom. The van der Waals surface area contributed by atoms with E-state index in [1.165, 1.54) is 12.1 Å². The maximum absolute atomic E-state index is 11.2. The van der Waals surface area contributed by atoms with E-state index >= 15 is 0 Å². The lowest BCUT2D eigenvalue weighted by Gasteiger charge is -2.18. The molecule has 0 unspecified atom stereocenters. The summed E-state index contributed by atoms with van der Waals surface area (Å²) in [5, 5.41) is 13.9. The molecule has 0 aliphatic rings. The molecule has 0 spiro atoms. The van der Waals surface area contributed by atoms with Gasteiger partial charge in [-0.2, -0.15) is 5.10 Å². The normalized spacial score (nSPS) is 11.5. The van der Waals surface area contributed by atoms with E-state index in [9.17, 15) is 14.9 Å². The van der Waals surface area contributed by atoms with Crippen molar-refractivity contribution in [3.8, 4) is 0 Å². The maximum atomic E-state index is 11.2. The van der Waals surface area contributed by atoms with Crippen molar-refractivity contribution in [2.75, 3.05) is 0 Å². The molecule has 1 aromatic rings. The van der Waals surface area contributed by atoms with Gasteiger partial charge in [-0.3, -0.25) is 10.1 Å². The highest BCUT2D eigenvalue weighted by Gasteiger charge is 2.15. The van der Waals surface area contributed by atoms with Crippen molar-refractivity contribution in [3.05, 3.63) is 28.0 Å². The summed E-state index contributed by atoms with van der Waals surface area (Å²) in [6.07, 6.45) is 0.413. The zero-order valence-corrected chi connectivity index (χ0v) is 10.2. The van der Waals surface area contributed by atoms with E-state index in [0.29, 0.717) is 0 Å². The molecule has 0 aromatic carbocycles. The van der Waals surface area contributed by atoms with E-state index in [4.69, 9.17) is 9.15 Å². The van der Waals surface area contributed by atoms with Gasteiger partial charge in [0.25, 0.3) is 0 Å². The molecule has 8 heteroatoms. The summed E-state index contributed by atoms with van der Waals surface area (Å²) >= 11 is 0. The molecule has 1 heterocycles. The number of ether oxygens (including phenoxy) is 1. The molecule has 1 rings (SSSR count). The highest BCUT2D eigenvalue weighted by atomic mass is 16.6. The van der Waals surface area contributed by atoms with Crippen LogP contribution < -0.4 is 5.43 Å². The Labute approximate surface area is 103 Å². The molecule has 1 N–H and O–H groups in total. The Kier molecular flexibility index (Phi) is 4.03. The minimum Gasteiger partial charge on any atom is -0.443 e. The van der Waals surface area contributed by atoms with Crippen LogP contribution in [0.1, 0.15) is 26.5 Å². The second kappa shape index (κ2) is 5.30. The van der Waals surface area contributed by atoms with Gasteiger partial charge in [0.05, 0.1) is 12.3 Å². The van der Waals surface area contributed by atoms with Crippen molar-refractivity contribution >= 4 is 18.2 Å². The Morgan fingerprint density at radius 1 is 1.56 bits per heavy atom. The molecule has 0 atom stereocenters. The van der Waals surface area contributed by atoms with Gasteiger partial charge in [0.15, 0.2) is 5.76 Å². The lowest BCUT2D eigenvalue weighted by Crippen LogP contribution is -2.29. The fraction of sp³-hybridized carbons (Fsp3) is 0.400. The molecular weight excluding hydrogens is 242 g/mol. The first-order chi connectivity index (χ1) is 8.28. The van der Waals surface area contributed by atoms with Crippen LogP contribution in [-0.4, -0.2) is 22.8 Å². The third-order valence-corrected chi connectivity index (χ3v) is 1.54. The minimum atomic E-state index is -0.722. The number of carbonyl (C=O) groups excluding carboxylic acids is 1. The summed E-state index contributed by atoms with van der Waals surface area (Å²) in [7, 11) is 0. The molecule has 98 valence electrons. The molecule has 0 radical (unpaired) electrons. The lowest BCUT2D eigenvalue weighted by atomic mass is 10.2. The first kappa shape index (κ1) is 13.7. The van der Waals surface area contributed by atoms with Gasteiger partial charge in [0.1, 0.15) is 10.5 Å². The van der Waals surface area contributed by atoms with Crippen LogP contribution in [0.25, 0.3) is 0 Å². The number of nitrogens with one attached hydrogen (secondary N) is 1. The summed E-state index contributed by atoms with van der Waals surface area (Å²) in [6, 6.07) is 2.55. The average Bonchev–Trinajstić information content (AvgIpc) is 2.63. The Hall–Kier alpha value is -2.38. The molecule has 0 saturated heterocycles. The molecule has 0 bridgehead atoms. The monoisotopic (exact) mass is 255 g/mol. The van der Waals surface area contributed by atoms with Crippen molar-refractivity contribution in [3.63, 3.8) is 0 Å². The van der Waals surface area contributed by atoms with Crippen LogP contribution >= 0.6 is 0 Å². The van der Waals surface area contributed by atoms with Crippen LogP contribution in [0.2, 0.25) is 0 Å². The van der Waals surface area contributed by atoms with Crippen LogP contribution in [0.15, 0.2) is 21.7 Å². The Bertz CT molecular complexity index is 472. The third kappa shape index (κ3) is 4.64. The maximum Gasteiger partial charge on any atom is 0.433 e. The number of rotatable bonds is 3. The number of furan rings is 1. The van der Waals surface area contributed by atoms with Crippen LogP contribution in [0.5, 0.6) is 0 Å². The minimum absolute atomic E-state index is 0.151. The largest absolute Gasteiger partial charge is 0.443 e. The van der Waals surface area contributed by atoms with E-state index < -0.39 is 22.5 Å². The quantitative estimate of drug-likeness (QED) is 0.505. The number of hydrazone groups is 1. The van der Waals surface area contributed by atoms with Crippen molar-refractivity contribution in [1.82, 2.24) is 5.43 Å². The van der Waals surface area contributed by atoms with Crippen LogP contribution in [0, 0.1) is 10.1 Å². The summed E-state index contributed by atoms with van der Waals surface area (Å²) < 4.78 is 9.70. The fourth-order valence-electron chi connectivity index (χ4n) is 0.959. The summed E-state index contributed by atoms with van der Waals surface area (Å²) in [5.74, 6) is -0.244. The lowest BCUT2D eigenvalue weighted by molar-refractivity contribution is -0.402. The Morgan fingerprint density at radius 3 is 2.72 bits per heavy atom. The standard InChI is InChI=1S/C10H13N3O5/c1-10(2,3)18-9(14)12-11-6-7-4-5-8(17-7)13(15)16/h4-6H,1-3H3,(H,12,14)/b11-6+. The molecule has 0 saturated carbocycles. The molecular formula is C10H13N3O5. The van der Waals surface area contributed by atoms with Crippen molar-refractivity contribution < 1.29 is 18.9 Å². The SMILES string of the molecule is CC(C)(C)OC(=O)N/N=C/c1ccc([N+](=O)[O-])o1. The molecule has 0 fully saturated rings. The second-order valence-electron chi connectivity index (χ2n) is 4.31. The van der Waals surface area contributed by atoms with E-state index in [1.54, 1.807) is 20.8 Å². The number of nitrogens with zero attached hydrogens (tertiary/aromatic N) is 2. The van der Waals surface area contributed by atoms with E-state index in [1.807, 2.05) is 0 Å². The van der Waals surface area contributed by atoms with E-state index in [2.05, 4.69) is 10.5 Å². The second-order valence-corrected chi connectivity index (χ2v) is 4.31. The number of nitro groups is 1. The van der Waals surface area contributed by atoms with Crippen LogP contribution in [-0.2, 0) is 4.74 Å².